The first-order chi connectivity index (χ1) is 5.41. The topological polar surface area (TPSA) is 29.5 Å². The Balaban J connectivity index is 3.13. The van der Waals surface area contributed by atoms with Crippen LogP contribution in [0.4, 0.5) is 0 Å². The van der Waals surface area contributed by atoms with Crippen LogP contribution >= 0.6 is 0 Å². The van der Waals surface area contributed by atoms with Crippen molar-refractivity contribution in [3.63, 3.8) is 0 Å². The summed E-state index contributed by atoms with van der Waals surface area (Å²) < 4.78 is 4.99. The molecule has 0 radical (unpaired) electrons. The zero-order valence-electron chi connectivity index (χ0n) is 6.68. The Hall–Kier alpha value is -0.960. The highest BCUT2D eigenvalue weighted by molar-refractivity contribution is 5.00. The zero-order chi connectivity index (χ0) is 8.36. The van der Waals surface area contributed by atoms with Crippen molar-refractivity contribution in [1.29, 1.82) is 0 Å². The minimum absolute atomic E-state index is 0.113. The summed E-state index contributed by atoms with van der Waals surface area (Å²) in [7, 11) is 0. The van der Waals surface area contributed by atoms with Gasteiger partial charge in [0.25, 0.3) is 0 Å². The Morgan fingerprint density at radius 3 is 2.55 bits per heavy atom. The van der Waals surface area contributed by atoms with E-state index in [0.717, 1.165) is 0 Å². The fraction of sp³-hybridized carbons (Fsp3) is 0.556. The van der Waals surface area contributed by atoms with Gasteiger partial charge in [0.15, 0.2) is 0 Å². The second kappa shape index (κ2) is 9.04. The van der Waals surface area contributed by atoms with Gasteiger partial charge in [-0.05, 0) is 6.92 Å². The minimum Gasteiger partial charge on any atom is -0.395 e. The van der Waals surface area contributed by atoms with Gasteiger partial charge in [0, 0.05) is 6.42 Å². The number of rotatable bonds is 3. The van der Waals surface area contributed by atoms with Crippen LogP contribution < -0.4 is 0 Å². The molecule has 0 spiro atoms. The van der Waals surface area contributed by atoms with Crippen molar-refractivity contribution in [3.05, 3.63) is 0 Å². The summed E-state index contributed by atoms with van der Waals surface area (Å²) in [4.78, 5) is 0. The first kappa shape index (κ1) is 10.0. The van der Waals surface area contributed by atoms with Crippen molar-refractivity contribution >= 4 is 0 Å². The van der Waals surface area contributed by atoms with Crippen molar-refractivity contribution in [3.8, 4) is 23.7 Å². The molecule has 2 nitrogen and oxygen atoms in total. The molecule has 0 aliphatic carbocycles. The average molecular weight is 152 g/mol. The molecule has 60 valence electrons. The summed E-state index contributed by atoms with van der Waals surface area (Å²) in [5.74, 6) is 10.9. The lowest BCUT2D eigenvalue weighted by atomic mass is 10.4. The van der Waals surface area contributed by atoms with Crippen molar-refractivity contribution in [1.82, 2.24) is 0 Å². The van der Waals surface area contributed by atoms with E-state index in [9.17, 15) is 0 Å². The van der Waals surface area contributed by atoms with Gasteiger partial charge < -0.3 is 9.84 Å². The van der Waals surface area contributed by atoms with Crippen molar-refractivity contribution in [2.24, 2.45) is 0 Å². The third-order valence-electron chi connectivity index (χ3n) is 0.887. The molecule has 0 aromatic rings. The summed E-state index contributed by atoms with van der Waals surface area (Å²) in [6.07, 6.45) is 0.517. The second-order valence-corrected chi connectivity index (χ2v) is 1.75. The van der Waals surface area contributed by atoms with Gasteiger partial charge in [-0.3, -0.25) is 0 Å². The van der Waals surface area contributed by atoms with Gasteiger partial charge >= 0.3 is 0 Å². The van der Waals surface area contributed by atoms with Gasteiger partial charge in [-0.2, -0.15) is 0 Å². The SMILES string of the molecule is CC#CCOCC#CCCO. The number of aliphatic hydroxyl groups is 1. The molecule has 0 heterocycles. The summed E-state index contributed by atoms with van der Waals surface area (Å²) in [5, 5.41) is 8.34. The molecule has 2 heteroatoms. The largest absolute Gasteiger partial charge is 0.395 e. The van der Waals surface area contributed by atoms with E-state index in [4.69, 9.17) is 9.84 Å². The van der Waals surface area contributed by atoms with Gasteiger partial charge in [0.05, 0.1) is 6.61 Å². The molecule has 0 atom stereocenters. The molecule has 0 aromatic carbocycles. The first-order valence-corrected chi connectivity index (χ1v) is 3.45. The molecule has 0 aliphatic rings. The van der Waals surface area contributed by atoms with Crippen LogP contribution in [0.1, 0.15) is 13.3 Å². The summed E-state index contributed by atoms with van der Waals surface area (Å²) >= 11 is 0. The number of hydrogen-bond acceptors (Lipinski definition) is 2. The van der Waals surface area contributed by atoms with Gasteiger partial charge in [-0.25, -0.2) is 0 Å². The molecule has 11 heavy (non-hydrogen) atoms. The van der Waals surface area contributed by atoms with E-state index >= 15 is 0 Å². The van der Waals surface area contributed by atoms with E-state index in [1.54, 1.807) is 6.92 Å². The quantitative estimate of drug-likeness (QED) is 0.469. The lowest BCUT2D eigenvalue weighted by Gasteiger charge is -1.88. The molecule has 0 bridgehead atoms. The molecule has 0 aromatic heterocycles. The van der Waals surface area contributed by atoms with Gasteiger partial charge in [-0.1, -0.05) is 17.8 Å². The summed E-state index contributed by atoms with van der Waals surface area (Å²) in [5.41, 5.74) is 0. The van der Waals surface area contributed by atoms with Crippen LogP contribution in [-0.2, 0) is 4.74 Å². The maximum Gasteiger partial charge on any atom is 0.109 e. The van der Waals surface area contributed by atoms with Crippen LogP contribution in [0, 0.1) is 23.7 Å². The molecule has 0 unspecified atom stereocenters. The molecule has 0 saturated heterocycles. The van der Waals surface area contributed by atoms with Gasteiger partial charge in [0.2, 0.25) is 0 Å². The van der Waals surface area contributed by atoms with E-state index in [0.29, 0.717) is 19.6 Å². The van der Waals surface area contributed by atoms with Crippen LogP contribution in [0.2, 0.25) is 0 Å². The Bertz CT molecular complexity index is 187. The van der Waals surface area contributed by atoms with Gasteiger partial charge in [-0.15, -0.1) is 5.92 Å². The minimum atomic E-state index is 0.113. The monoisotopic (exact) mass is 152 g/mol. The van der Waals surface area contributed by atoms with Crippen molar-refractivity contribution in [2.45, 2.75) is 13.3 Å². The average Bonchev–Trinajstić information content (AvgIpc) is 2.03. The molecule has 0 rings (SSSR count). The fourth-order valence-electron chi connectivity index (χ4n) is 0.421. The fourth-order valence-corrected chi connectivity index (χ4v) is 0.421. The van der Waals surface area contributed by atoms with Crippen LogP contribution in [0.5, 0.6) is 0 Å². The molecule has 0 amide bonds. The highest BCUT2D eigenvalue weighted by Gasteiger charge is 1.75. The number of hydrogen-bond donors (Lipinski definition) is 1. The van der Waals surface area contributed by atoms with E-state index < -0.39 is 0 Å². The van der Waals surface area contributed by atoms with E-state index in [1.807, 2.05) is 0 Å². The molecular weight excluding hydrogens is 140 g/mol. The van der Waals surface area contributed by atoms with E-state index in [2.05, 4.69) is 23.7 Å². The Kier molecular flexibility index (Phi) is 8.25. The summed E-state index contributed by atoms with van der Waals surface area (Å²) in [6, 6.07) is 0. The zero-order valence-corrected chi connectivity index (χ0v) is 6.68. The first-order valence-electron chi connectivity index (χ1n) is 3.45. The normalized spacial score (nSPS) is 7.45. The maximum absolute atomic E-state index is 8.34. The highest BCUT2D eigenvalue weighted by Crippen LogP contribution is 1.73. The third-order valence-corrected chi connectivity index (χ3v) is 0.887. The molecule has 1 N–H and O–H groups in total. The van der Waals surface area contributed by atoms with Crippen LogP contribution in [-0.4, -0.2) is 24.9 Å². The van der Waals surface area contributed by atoms with Gasteiger partial charge in [0.1, 0.15) is 13.2 Å². The summed E-state index contributed by atoms with van der Waals surface area (Å²) in [6.45, 7) is 2.71. The second-order valence-electron chi connectivity index (χ2n) is 1.75. The standard InChI is InChI=1S/C9H12O2/c1-2-3-8-11-9-6-4-5-7-10/h10H,5,7-9H2,1H3. The van der Waals surface area contributed by atoms with E-state index in [-0.39, 0.29) is 6.61 Å². The lowest BCUT2D eigenvalue weighted by molar-refractivity contribution is 0.204. The Morgan fingerprint density at radius 1 is 1.18 bits per heavy atom. The van der Waals surface area contributed by atoms with Crippen LogP contribution in [0.3, 0.4) is 0 Å². The van der Waals surface area contributed by atoms with Crippen molar-refractivity contribution in [2.75, 3.05) is 19.8 Å². The van der Waals surface area contributed by atoms with Crippen LogP contribution in [0.15, 0.2) is 0 Å². The third kappa shape index (κ3) is 9.04. The van der Waals surface area contributed by atoms with Crippen molar-refractivity contribution < 1.29 is 9.84 Å². The number of ether oxygens (including phenoxy) is 1. The predicted molar refractivity (Wildman–Crippen MR) is 43.7 cm³/mol. The van der Waals surface area contributed by atoms with Crippen LogP contribution in [0.25, 0.3) is 0 Å². The predicted octanol–water partition coefficient (Wildman–Crippen LogP) is 0.412. The maximum atomic E-state index is 8.34. The number of aliphatic hydroxyl groups excluding tert-OH is 1. The highest BCUT2D eigenvalue weighted by atomic mass is 16.5. The molecule has 0 saturated carbocycles. The van der Waals surface area contributed by atoms with E-state index in [1.165, 1.54) is 0 Å². The smallest absolute Gasteiger partial charge is 0.109 e. The molecular formula is C9H12O2. The molecule has 0 aliphatic heterocycles. The lowest BCUT2D eigenvalue weighted by Crippen LogP contribution is -1.91. The molecule has 0 fully saturated rings. The Labute approximate surface area is 67.6 Å². The Morgan fingerprint density at radius 2 is 1.91 bits per heavy atom.